The maximum atomic E-state index is 12.7. The number of imidazole rings is 1. The summed E-state index contributed by atoms with van der Waals surface area (Å²) in [6.45, 7) is 2.53. The lowest BCUT2D eigenvalue weighted by Crippen LogP contribution is -2.28. The highest BCUT2D eigenvalue weighted by molar-refractivity contribution is 5.83. The average molecular weight is 426 g/mol. The van der Waals surface area contributed by atoms with Crippen LogP contribution in [0.3, 0.4) is 0 Å². The molecule has 32 heavy (non-hydrogen) atoms. The van der Waals surface area contributed by atoms with Crippen LogP contribution in [0.4, 0.5) is 0 Å². The molecule has 162 valence electrons. The summed E-state index contributed by atoms with van der Waals surface area (Å²) >= 11 is 0. The van der Waals surface area contributed by atoms with Gasteiger partial charge in [0.25, 0.3) is 0 Å². The lowest BCUT2D eigenvalue weighted by Gasteiger charge is -2.15. The quantitative estimate of drug-likeness (QED) is 0.388. The lowest BCUT2D eigenvalue weighted by atomic mass is 9.95. The number of benzene rings is 3. The molecule has 0 saturated carbocycles. The minimum absolute atomic E-state index is 0.0525. The fourth-order valence-electron chi connectivity index (χ4n) is 3.76. The Morgan fingerprint density at radius 3 is 2.50 bits per heavy atom. The van der Waals surface area contributed by atoms with Crippen molar-refractivity contribution in [3.63, 3.8) is 0 Å². The molecule has 0 aliphatic heterocycles. The highest BCUT2D eigenvalue weighted by atomic mass is 16.5. The topological polar surface area (TPSA) is 67.0 Å². The zero-order valence-corrected chi connectivity index (χ0v) is 18.3. The van der Waals surface area contributed by atoms with Gasteiger partial charge < -0.3 is 15.0 Å². The van der Waals surface area contributed by atoms with E-state index < -0.39 is 0 Å². The first-order valence-corrected chi connectivity index (χ1v) is 10.8. The SMILES string of the molecule is CC[C@H](C(=O)NCc1ccc(-c2ncc(-c3cccc(OC)c3)[nH]2)cc1)c1ccccc1. The Morgan fingerprint density at radius 1 is 1.00 bits per heavy atom. The van der Waals surface area contributed by atoms with E-state index in [4.69, 9.17) is 4.74 Å². The van der Waals surface area contributed by atoms with Gasteiger partial charge in [-0.15, -0.1) is 0 Å². The Morgan fingerprint density at radius 2 is 1.78 bits per heavy atom. The fraction of sp³-hybridized carbons (Fsp3) is 0.185. The zero-order chi connectivity index (χ0) is 22.3. The van der Waals surface area contributed by atoms with Gasteiger partial charge >= 0.3 is 0 Å². The molecule has 0 aliphatic rings. The third-order valence-corrected chi connectivity index (χ3v) is 5.58. The predicted molar refractivity (Wildman–Crippen MR) is 127 cm³/mol. The van der Waals surface area contributed by atoms with Gasteiger partial charge in [-0.2, -0.15) is 0 Å². The molecule has 5 heteroatoms. The first kappa shape index (κ1) is 21.4. The van der Waals surface area contributed by atoms with Crippen molar-refractivity contribution in [2.45, 2.75) is 25.8 Å². The van der Waals surface area contributed by atoms with Crippen molar-refractivity contribution in [3.05, 3.63) is 96.2 Å². The third-order valence-electron chi connectivity index (χ3n) is 5.58. The molecule has 0 saturated heterocycles. The molecule has 1 amide bonds. The molecule has 1 atom stereocenters. The first-order valence-electron chi connectivity index (χ1n) is 10.8. The molecule has 0 bridgehead atoms. The molecule has 1 aromatic heterocycles. The Kier molecular flexibility index (Phi) is 6.66. The van der Waals surface area contributed by atoms with Crippen LogP contribution in [0.25, 0.3) is 22.6 Å². The highest BCUT2D eigenvalue weighted by Crippen LogP contribution is 2.25. The number of amides is 1. The molecule has 0 radical (unpaired) electrons. The number of nitrogens with zero attached hydrogens (tertiary/aromatic N) is 1. The Bertz CT molecular complexity index is 1170. The number of aromatic nitrogens is 2. The van der Waals surface area contributed by atoms with E-state index in [9.17, 15) is 4.79 Å². The summed E-state index contributed by atoms with van der Waals surface area (Å²) in [6, 6.07) is 25.9. The van der Waals surface area contributed by atoms with E-state index in [0.717, 1.165) is 45.9 Å². The van der Waals surface area contributed by atoms with Crippen molar-refractivity contribution < 1.29 is 9.53 Å². The van der Waals surface area contributed by atoms with Crippen LogP contribution in [-0.4, -0.2) is 23.0 Å². The van der Waals surface area contributed by atoms with Gasteiger partial charge in [-0.1, -0.05) is 73.7 Å². The second-order valence-corrected chi connectivity index (χ2v) is 7.66. The molecule has 4 aromatic rings. The number of H-pyrrole nitrogens is 1. The van der Waals surface area contributed by atoms with Gasteiger partial charge in [0.05, 0.1) is 24.9 Å². The lowest BCUT2D eigenvalue weighted by molar-refractivity contribution is -0.122. The van der Waals surface area contributed by atoms with Gasteiger partial charge in [0.2, 0.25) is 5.91 Å². The minimum Gasteiger partial charge on any atom is -0.497 e. The van der Waals surface area contributed by atoms with Gasteiger partial charge in [0, 0.05) is 17.7 Å². The number of hydrogen-bond acceptors (Lipinski definition) is 3. The molecule has 2 N–H and O–H groups in total. The average Bonchev–Trinajstić information content (AvgIpc) is 3.35. The maximum absolute atomic E-state index is 12.7. The number of carbonyl (C=O) groups is 1. The third kappa shape index (κ3) is 4.89. The molecule has 3 aromatic carbocycles. The van der Waals surface area contributed by atoms with Crippen LogP contribution in [0.5, 0.6) is 5.75 Å². The second kappa shape index (κ2) is 9.96. The van der Waals surface area contributed by atoms with Crippen LogP contribution in [0.1, 0.15) is 30.4 Å². The minimum atomic E-state index is -0.131. The summed E-state index contributed by atoms with van der Waals surface area (Å²) in [5.74, 6) is 1.53. The van der Waals surface area contributed by atoms with Crippen LogP contribution >= 0.6 is 0 Å². The largest absolute Gasteiger partial charge is 0.497 e. The molecule has 0 aliphatic carbocycles. The van der Waals surface area contributed by atoms with E-state index in [1.165, 1.54) is 0 Å². The van der Waals surface area contributed by atoms with Gasteiger partial charge in [0.15, 0.2) is 0 Å². The smallest absolute Gasteiger partial charge is 0.227 e. The van der Waals surface area contributed by atoms with Crippen molar-refractivity contribution in [2.24, 2.45) is 0 Å². The monoisotopic (exact) mass is 425 g/mol. The summed E-state index contributed by atoms with van der Waals surface area (Å²) in [4.78, 5) is 20.6. The molecule has 5 nitrogen and oxygen atoms in total. The molecule has 1 heterocycles. The van der Waals surface area contributed by atoms with Crippen molar-refractivity contribution >= 4 is 5.91 Å². The Labute approximate surface area is 188 Å². The van der Waals surface area contributed by atoms with Gasteiger partial charge in [-0.25, -0.2) is 4.98 Å². The van der Waals surface area contributed by atoms with E-state index >= 15 is 0 Å². The number of ether oxygens (including phenoxy) is 1. The number of rotatable bonds is 8. The molecule has 0 fully saturated rings. The van der Waals surface area contributed by atoms with Crippen molar-refractivity contribution in [2.75, 3.05) is 7.11 Å². The number of carbonyl (C=O) groups excluding carboxylic acids is 1. The van der Waals surface area contributed by atoms with Crippen molar-refractivity contribution in [3.8, 4) is 28.4 Å². The van der Waals surface area contributed by atoms with E-state index in [2.05, 4.69) is 15.3 Å². The normalized spacial score (nSPS) is 11.7. The zero-order valence-electron chi connectivity index (χ0n) is 18.3. The number of nitrogens with one attached hydrogen (secondary N) is 2. The number of hydrogen-bond donors (Lipinski definition) is 2. The molecule has 0 spiro atoms. The number of aromatic amines is 1. The standard InChI is InChI=1S/C27H27N3O2/c1-3-24(20-8-5-4-6-9-20)27(31)29-17-19-12-14-21(15-13-19)26-28-18-25(30-26)22-10-7-11-23(16-22)32-2/h4-16,18,24H,3,17H2,1-2H3,(H,28,30)(H,29,31)/t24-/m0/s1. The van der Waals surface area contributed by atoms with E-state index in [0.29, 0.717) is 6.54 Å². The molecular weight excluding hydrogens is 398 g/mol. The van der Waals surface area contributed by atoms with E-state index in [1.54, 1.807) is 7.11 Å². The van der Waals surface area contributed by atoms with Crippen LogP contribution in [-0.2, 0) is 11.3 Å². The predicted octanol–water partition coefficient (Wildman–Crippen LogP) is 5.56. The summed E-state index contributed by atoms with van der Waals surface area (Å²) in [7, 11) is 1.66. The van der Waals surface area contributed by atoms with Gasteiger partial charge in [0.1, 0.15) is 11.6 Å². The summed E-state index contributed by atoms with van der Waals surface area (Å²) in [5, 5.41) is 3.07. The molecule has 0 unspecified atom stereocenters. The second-order valence-electron chi connectivity index (χ2n) is 7.66. The van der Waals surface area contributed by atoms with Crippen LogP contribution in [0.2, 0.25) is 0 Å². The summed E-state index contributed by atoms with van der Waals surface area (Å²) in [6.07, 6.45) is 2.59. The summed E-state index contributed by atoms with van der Waals surface area (Å²) in [5.41, 5.74) is 5.04. The van der Waals surface area contributed by atoms with Crippen LogP contribution in [0.15, 0.2) is 85.1 Å². The van der Waals surface area contributed by atoms with E-state index in [1.807, 2.05) is 92.0 Å². The van der Waals surface area contributed by atoms with Crippen LogP contribution < -0.4 is 10.1 Å². The van der Waals surface area contributed by atoms with Gasteiger partial charge in [-0.3, -0.25) is 4.79 Å². The first-order chi connectivity index (χ1) is 15.7. The van der Waals surface area contributed by atoms with E-state index in [-0.39, 0.29) is 11.8 Å². The Hall–Kier alpha value is -3.86. The highest BCUT2D eigenvalue weighted by Gasteiger charge is 2.18. The van der Waals surface area contributed by atoms with Crippen molar-refractivity contribution in [1.29, 1.82) is 0 Å². The molecule has 4 rings (SSSR count). The summed E-state index contributed by atoms with van der Waals surface area (Å²) < 4.78 is 5.30. The number of methoxy groups -OCH3 is 1. The Balaban J connectivity index is 1.40. The maximum Gasteiger partial charge on any atom is 0.227 e. The van der Waals surface area contributed by atoms with Crippen molar-refractivity contribution in [1.82, 2.24) is 15.3 Å². The van der Waals surface area contributed by atoms with Crippen LogP contribution in [0, 0.1) is 0 Å². The molecular formula is C27H27N3O2. The van der Waals surface area contributed by atoms with Gasteiger partial charge in [-0.05, 0) is 29.7 Å². The fourth-order valence-corrected chi connectivity index (χ4v) is 3.76.